The van der Waals surface area contributed by atoms with E-state index in [1.54, 1.807) is 12.1 Å². The minimum Gasteiger partial charge on any atom is -0.385 e. The van der Waals surface area contributed by atoms with Crippen LogP contribution in [0.4, 0.5) is 4.39 Å². The number of nitrogens with zero attached hydrogens (tertiary/aromatic N) is 2. The molecule has 1 heterocycles. The zero-order chi connectivity index (χ0) is 11.7. The molecule has 0 amide bonds. The molecule has 2 rings (SSSR count). The second-order valence-electron chi connectivity index (χ2n) is 3.24. The number of benzene rings is 1. The molecule has 1 aromatic carbocycles. The van der Waals surface area contributed by atoms with Crippen LogP contribution in [-0.2, 0) is 0 Å². The molecule has 0 spiro atoms. The average molecular weight is 287 g/mol. The molecule has 4 nitrogen and oxygen atoms in total. The number of hydrogen-bond donors (Lipinski definition) is 1. The summed E-state index contributed by atoms with van der Waals surface area (Å²) >= 11 is 3.06. The van der Waals surface area contributed by atoms with E-state index >= 15 is 0 Å². The van der Waals surface area contributed by atoms with Crippen molar-refractivity contribution in [2.75, 3.05) is 0 Å². The molecule has 6 heteroatoms. The van der Waals surface area contributed by atoms with Gasteiger partial charge in [-0.1, -0.05) is 11.2 Å². The Labute approximate surface area is 99.2 Å². The highest BCUT2D eigenvalue weighted by molar-refractivity contribution is 9.10. The Bertz CT molecular complexity index is 513. The molecule has 0 saturated carbocycles. The van der Waals surface area contributed by atoms with E-state index in [1.165, 1.54) is 13.0 Å². The summed E-state index contributed by atoms with van der Waals surface area (Å²) in [5, 5.41) is 12.8. The van der Waals surface area contributed by atoms with Crippen molar-refractivity contribution in [3.63, 3.8) is 0 Å². The number of aromatic nitrogens is 2. The molecule has 1 unspecified atom stereocenters. The lowest BCUT2D eigenvalue weighted by Crippen LogP contribution is -1.93. The van der Waals surface area contributed by atoms with Crippen LogP contribution in [0.3, 0.4) is 0 Å². The van der Waals surface area contributed by atoms with Gasteiger partial charge in [0.1, 0.15) is 11.9 Å². The summed E-state index contributed by atoms with van der Waals surface area (Å²) in [5.41, 5.74) is 0.203. The largest absolute Gasteiger partial charge is 0.385 e. The van der Waals surface area contributed by atoms with Gasteiger partial charge in [-0.05, 0) is 35.0 Å². The standard InChI is InChI=1S/C10H8BrFN2O2/c1-5(15)9-13-10(16-14-9)6-3-2-4-7(11)8(6)12/h2-5,15H,1H3. The molecule has 0 aliphatic carbocycles. The van der Waals surface area contributed by atoms with Crippen LogP contribution in [0.15, 0.2) is 27.2 Å². The summed E-state index contributed by atoms with van der Waals surface area (Å²) in [6, 6.07) is 4.76. The minimum absolute atomic E-state index is 0.0506. The van der Waals surface area contributed by atoms with Gasteiger partial charge in [-0.2, -0.15) is 4.98 Å². The Morgan fingerprint density at radius 1 is 1.50 bits per heavy atom. The Morgan fingerprint density at radius 2 is 2.25 bits per heavy atom. The normalized spacial score (nSPS) is 12.8. The number of hydrogen-bond acceptors (Lipinski definition) is 4. The van der Waals surface area contributed by atoms with E-state index in [2.05, 4.69) is 26.1 Å². The molecular weight excluding hydrogens is 279 g/mol. The quantitative estimate of drug-likeness (QED) is 0.922. The number of halogens is 2. The van der Waals surface area contributed by atoms with Gasteiger partial charge in [-0.15, -0.1) is 0 Å². The summed E-state index contributed by atoms with van der Waals surface area (Å²) in [7, 11) is 0. The zero-order valence-electron chi connectivity index (χ0n) is 8.32. The Balaban J connectivity index is 2.47. The van der Waals surface area contributed by atoms with Crippen molar-refractivity contribution in [1.29, 1.82) is 0 Å². The molecule has 1 atom stereocenters. The first-order chi connectivity index (χ1) is 7.59. The summed E-state index contributed by atoms with van der Waals surface area (Å²) < 4.78 is 18.8. The molecule has 2 aromatic rings. The van der Waals surface area contributed by atoms with Crippen LogP contribution in [0.25, 0.3) is 11.5 Å². The van der Waals surface area contributed by atoms with Gasteiger partial charge in [-0.25, -0.2) is 4.39 Å². The third-order valence-electron chi connectivity index (χ3n) is 2.00. The molecule has 1 N–H and O–H groups in total. The third kappa shape index (κ3) is 1.98. The van der Waals surface area contributed by atoms with E-state index in [0.29, 0.717) is 4.47 Å². The Morgan fingerprint density at radius 3 is 2.88 bits per heavy atom. The molecule has 0 saturated heterocycles. The van der Waals surface area contributed by atoms with E-state index in [0.717, 1.165) is 0 Å². The van der Waals surface area contributed by atoms with Gasteiger partial charge >= 0.3 is 0 Å². The Hall–Kier alpha value is -1.27. The van der Waals surface area contributed by atoms with E-state index in [9.17, 15) is 9.50 Å². The fraction of sp³-hybridized carbons (Fsp3) is 0.200. The lowest BCUT2D eigenvalue weighted by atomic mass is 10.2. The van der Waals surface area contributed by atoms with Crippen molar-refractivity contribution in [2.45, 2.75) is 13.0 Å². The summed E-state index contributed by atoms with van der Waals surface area (Å²) in [4.78, 5) is 3.89. The van der Waals surface area contributed by atoms with Crippen molar-refractivity contribution >= 4 is 15.9 Å². The lowest BCUT2D eigenvalue weighted by Gasteiger charge is -1.98. The van der Waals surface area contributed by atoms with E-state index < -0.39 is 11.9 Å². The molecule has 16 heavy (non-hydrogen) atoms. The smallest absolute Gasteiger partial charge is 0.261 e. The topological polar surface area (TPSA) is 59.2 Å². The highest BCUT2D eigenvalue weighted by Gasteiger charge is 2.16. The number of rotatable bonds is 2. The van der Waals surface area contributed by atoms with Gasteiger partial charge in [0.25, 0.3) is 5.89 Å². The van der Waals surface area contributed by atoms with Gasteiger partial charge < -0.3 is 9.63 Å². The van der Waals surface area contributed by atoms with Crippen molar-refractivity contribution in [3.8, 4) is 11.5 Å². The van der Waals surface area contributed by atoms with Gasteiger partial charge in [0.2, 0.25) is 0 Å². The summed E-state index contributed by atoms with van der Waals surface area (Å²) in [6.45, 7) is 1.51. The van der Waals surface area contributed by atoms with Crippen LogP contribution in [0.1, 0.15) is 18.9 Å². The fourth-order valence-electron chi connectivity index (χ4n) is 1.18. The van der Waals surface area contributed by atoms with Crippen LogP contribution in [0.5, 0.6) is 0 Å². The van der Waals surface area contributed by atoms with Crippen LogP contribution < -0.4 is 0 Å². The molecule has 1 aromatic heterocycles. The average Bonchev–Trinajstić information content (AvgIpc) is 2.71. The molecule has 0 bridgehead atoms. The predicted octanol–water partition coefficient (Wildman–Crippen LogP) is 2.69. The van der Waals surface area contributed by atoms with Gasteiger partial charge in [-0.3, -0.25) is 0 Å². The molecule has 0 aliphatic heterocycles. The Kier molecular flexibility index (Phi) is 3.02. The van der Waals surface area contributed by atoms with Crippen molar-refractivity contribution in [2.24, 2.45) is 0 Å². The monoisotopic (exact) mass is 286 g/mol. The van der Waals surface area contributed by atoms with Gasteiger partial charge in [0.15, 0.2) is 5.82 Å². The maximum atomic E-state index is 13.7. The van der Waals surface area contributed by atoms with E-state index in [4.69, 9.17) is 4.52 Å². The van der Waals surface area contributed by atoms with Gasteiger partial charge in [0, 0.05) is 0 Å². The second kappa shape index (κ2) is 4.31. The highest BCUT2D eigenvalue weighted by Crippen LogP contribution is 2.27. The van der Waals surface area contributed by atoms with Crippen LogP contribution in [0, 0.1) is 5.82 Å². The maximum Gasteiger partial charge on any atom is 0.261 e. The third-order valence-corrected chi connectivity index (χ3v) is 2.61. The number of aliphatic hydroxyl groups is 1. The molecule has 0 radical (unpaired) electrons. The maximum absolute atomic E-state index is 13.7. The molecule has 84 valence electrons. The highest BCUT2D eigenvalue weighted by atomic mass is 79.9. The first-order valence-electron chi connectivity index (χ1n) is 4.55. The SMILES string of the molecule is CC(O)c1noc(-c2cccc(Br)c2F)n1. The van der Waals surface area contributed by atoms with E-state index in [1.807, 2.05) is 0 Å². The van der Waals surface area contributed by atoms with Gasteiger partial charge in [0.05, 0.1) is 10.0 Å². The van der Waals surface area contributed by atoms with E-state index in [-0.39, 0.29) is 17.3 Å². The van der Waals surface area contributed by atoms with Crippen molar-refractivity contribution in [3.05, 3.63) is 34.3 Å². The van der Waals surface area contributed by atoms with Crippen LogP contribution in [0.2, 0.25) is 0 Å². The first kappa shape index (κ1) is 11.2. The summed E-state index contributed by atoms with van der Waals surface area (Å²) in [6.07, 6.45) is -0.840. The zero-order valence-corrected chi connectivity index (χ0v) is 9.90. The van der Waals surface area contributed by atoms with Crippen molar-refractivity contribution in [1.82, 2.24) is 10.1 Å². The predicted molar refractivity (Wildman–Crippen MR) is 58.0 cm³/mol. The molecule has 0 aliphatic rings. The molecular formula is C10H8BrFN2O2. The summed E-state index contributed by atoms with van der Waals surface area (Å²) in [5.74, 6) is -0.285. The fourth-order valence-corrected chi connectivity index (χ4v) is 1.55. The minimum atomic E-state index is -0.840. The molecule has 0 fully saturated rings. The number of aliphatic hydroxyl groups excluding tert-OH is 1. The first-order valence-corrected chi connectivity index (χ1v) is 5.35. The van der Waals surface area contributed by atoms with Crippen LogP contribution >= 0.6 is 15.9 Å². The second-order valence-corrected chi connectivity index (χ2v) is 4.09. The van der Waals surface area contributed by atoms with Crippen molar-refractivity contribution < 1.29 is 14.0 Å². The van der Waals surface area contributed by atoms with Crippen LogP contribution in [-0.4, -0.2) is 15.2 Å². The lowest BCUT2D eigenvalue weighted by molar-refractivity contribution is 0.184.